The van der Waals surface area contributed by atoms with Crippen LogP contribution in [0, 0.1) is 13.8 Å². The average Bonchev–Trinajstić information content (AvgIpc) is 2.97. The van der Waals surface area contributed by atoms with E-state index >= 15 is 0 Å². The Balaban J connectivity index is 0.00000420. The van der Waals surface area contributed by atoms with Gasteiger partial charge in [0.25, 0.3) is 0 Å². The number of guanidine groups is 1. The van der Waals surface area contributed by atoms with Crippen molar-refractivity contribution < 1.29 is 17.7 Å². The number of rotatable bonds is 6. The largest absolute Gasteiger partial charge is 0.416 e. The molecule has 0 amide bonds. The van der Waals surface area contributed by atoms with Crippen LogP contribution in [0.3, 0.4) is 0 Å². The zero-order valence-electron chi connectivity index (χ0n) is 17.2. The number of hydrogen-bond acceptors (Lipinski definition) is 3. The first-order valence-electron chi connectivity index (χ1n) is 9.28. The number of nitrogens with one attached hydrogen (secondary N) is 2. The molecule has 2 aromatic rings. The summed E-state index contributed by atoms with van der Waals surface area (Å²) >= 11 is 0. The molecule has 2 unspecified atom stereocenters. The summed E-state index contributed by atoms with van der Waals surface area (Å²) in [5.41, 5.74) is 1.76. The molecule has 0 saturated heterocycles. The number of aliphatic imine (C=N–C) groups is 1. The maximum atomic E-state index is 13.0. The summed E-state index contributed by atoms with van der Waals surface area (Å²) in [5.74, 6) is 1.42. The van der Waals surface area contributed by atoms with E-state index in [1.807, 2.05) is 27.7 Å². The Bertz CT molecular complexity index is 801. The molecular weight excluding hydrogens is 496 g/mol. The number of hydrogen-bond donors (Lipinski definition) is 2. The molecule has 2 N–H and O–H groups in total. The van der Waals surface area contributed by atoms with Crippen LogP contribution in [-0.2, 0) is 6.18 Å². The van der Waals surface area contributed by atoms with Gasteiger partial charge in [0, 0.05) is 24.6 Å². The third kappa shape index (κ3) is 6.90. The van der Waals surface area contributed by atoms with Crippen LogP contribution < -0.4 is 10.6 Å². The topological polar surface area (TPSA) is 62.5 Å². The molecule has 1 aromatic carbocycles. The van der Waals surface area contributed by atoms with Crippen LogP contribution in [0.5, 0.6) is 0 Å². The molecule has 0 radical (unpaired) electrons. The standard InChI is InChI=1S/C20H27F3N4O.HI/c1-6-24-19(25-11-12(2)18-14(4)27-28-15(18)5)26-13(3)16-8-7-9-17(10-16)20(21,22)23;/h7-10,12-13H,6,11H2,1-5H3,(H2,24,25,26);1H. The second-order valence-electron chi connectivity index (χ2n) is 6.85. The molecule has 0 aliphatic rings. The monoisotopic (exact) mass is 524 g/mol. The molecule has 0 saturated carbocycles. The number of nitrogens with zero attached hydrogens (tertiary/aromatic N) is 2. The lowest BCUT2D eigenvalue weighted by Crippen LogP contribution is -2.39. The van der Waals surface area contributed by atoms with Crippen LogP contribution in [0.25, 0.3) is 0 Å². The van der Waals surface area contributed by atoms with Gasteiger partial charge in [-0.3, -0.25) is 4.99 Å². The van der Waals surface area contributed by atoms with E-state index in [4.69, 9.17) is 4.52 Å². The molecular formula is C20H28F3IN4O. The SMILES string of the molecule is CCNC(=NCC(C)c1c(C)noc1C)NC(C)c1cccc(C(F)(F)F)c1.I. The van der Waals surface area contributed by atoms with Gasteiger partial charge in [0.2, 0.25) is 0 Å². The van der Waals surface area contributed by atoms with Gasteiger partial charge in [-0.25, -0.2) is 0 Å². The van der Waals surface area contributed by atoms with Crippen molar-refractivity contribution in [2.75, 3.05) is 13.1 Å². The fourth-order valence-corrected chi connectivity index (χ4v) is 3.11. The average molecular weight is 524 g/mol. The van der Waals surface area contributed by atoms with E-state index in [1.165, 1.54) is 6.07 Å². The van der Waals surface area contributed by atoms with E-state index in [1.54, 1.807) is 13.0 Å². The van der Waals surface area contributed by atoms with Gasteiger partial charge in [0.05, 0.1) is 17.3 Å². The van der Waals surface area contributed by atoms with E-state index in [9.17, 15) is 13.2 Å². The van der Waals surface area contributed by atoms with E-state index in [0.717, 1.165) is 29.2 Å². The fourth-order valence-electron chi connectivity index (χ4n) is 3.11. The molecule has 2 atom stereocenters. The Morgan fingerprint density at radius 1 is 1.24 bits per heavy atom. The van der Waals surface area contributed by atoms with Gasteiger partial charge >= 0.3 is 6.18 Å². The summed E-state index contributed by atoms with van der Waals surface area (Å²) in [7, 11) is 0. The van der Waals surface area contributed by atoms with Crippen LogP contribution >= 0.6 is 24.0 Å². The van der Waals surface area contributed by atoms with E-state index in [2.05, 4.69) is 20.8 Å². The highest BCUT2D eigenvalue weighted by atomic mass is 127. The molecule has 5 nitrogen and oxygen atoms in total. The third-order valence-electron chi connectivity index (χ3n) is 4.52. The number of benzene rings is 1. The Morgan fingerprint density at radius 3 is 2.48 bits per heavy atom. The summed E-state index contributed by atoms with van der Waals surface area (Å²) in [6, 6.07) is 4.98. The van der Waals surface area contributed by atoms with Crippen molar-refractivity contribution in [2.45, 2.75) is 52.8 Å². The van der Waals surface area contributed by atoms with E-state index in [-0.39, 0.29) is 35.9 Å². The molecule has 29 heavy (non-hydrogen) atoms. The summed E-state index contributed by atoms with van der Waals surface area (Å²) in [5, 5.41) is 10.3. The van der Waals surface area contributed by atoms with Gasteiger partial charge in [-0.2, -0.15) is 13.2 Å². The third-order valence-corrected chi connectivity index (χ3v) is 4.52. The zero-order valence-corrected chi connectivity index (χ0v) is 19.6. The van der Waals surface area contributed by atoms with Gasteiger partial charge in [-0.1, -0.05) is 24.2 Å². The molecule has 0 aliphatic heterocycles. The molecule has 1 aromatic heterocycles. The number of aryl methyl sites for hydroxylation is 2. The molecule has 9 heteroatoms. The highest BCUT2D eigenvalue weighted by Crippen LogP contribution is 2.30. The first-order chi connectivity index (χ1) is 13.1. The minimum Gasteiger partial charge on any atom is -0.361 e. The molecule has 1 heterocycles. The van der Waals surface area contributed by atoms with Gasteiger partial charge < -0.3 is 15.2 Å². The first kappa shape index (κ1) is 25.3. The molecule has 0 spiro atoms. The van der Waals surface area contributed by atoms with Gasteiger partial charge in [0.15, 0.2) is 5.96 Å². The Kier molecular flexibility index (Phi) is 9.44. The number of halogens is 4. The Labute approximate surface area is 186 Å². The second kappa shape index (κ2) is 10.8. The van der Waals surface area contributed by atoms with Gasteiger partial charge in [-0.05, 0) is 45.4 Å². The molecule has 0 aliphatic carbocycles. The van der Waals surface area contributed by atoms with Crippen molar-refractivity contribution in [2.24, 2.45) is 4.99 Å². The minimum atomic E-state index is -4.36. The lowest BCUT2D eigenvalue weighted by Gasteiger charge is -2.20. The molecule has 0 fully saturated rings. The molecule has 162 valence electrons. The van der Waals surface area contributed by atoms with Crippen molar-refractivity contribution in [1.82, 2.24) is 15.8 Å². The van der Waals surface area contributed by atoms with Crippen molar-refractivity contribution in [3.05, 3.63) is 52.4 Å². The number of alkyl halides is 3. The minimum absolute atomic E-state index is 0. The highest BCUT2D eigenvalue weighted by Gasteiger charge is 2.30. The second-order valence-corrected chi connectivity index (χ2v) is 6.85. The summed E-state index contributed by atoms with van der Waals surface area (Å²) < 4.78 is 44.1. The highest BCUT2D eigenvalue weighted by molar-refractivity contribution is 14.0. The van der Waals surface area contributed by atoms with Crippen molar-refractivity contribution in [3.63, 3.8) is 0 Å². The van der Waals surface area contributed by atoms with Crippen LogP contribution in [-0.4, -0.2) is 24.2 Å². The van der Waals surface area contributed by atoms with Crippen LogP contribution in [0.15, 0.2) is 33.8 Å². The first-order valence-corrected chi connectivity index (χ1v) is 9.28. The van der Waals surface area contributed by atoms with Crippen LogP contribution in [0.2, 0.25) is 0 Å². The Hall–Kier alpha value is -1.78. The zero-order chi connectivity index (χ0) is 20.9. The van der Waals surface area contributed by atoms with E-state index in [0.29, 0.717) is 24.6 Å². The number of aromatic nitrogens is 1. The lowest BCUT2D eigenvalue weighted by molar-refractivity contribution is -0.137. The predicted molar refractivity (Wildman–Crippen MR) is 119 cm³/mol. The quantitative estimate of drug-likeness (QED) is 0.304. The van der Waals surface area contributed by atoms with E-state index < -0.39 is 11.7 Å². The normalized spacial score (nSPS) is 14.1. The van der Waals surface area contributed by atoms with Crippen molar-refractivity contribution >= 4 is 29.9 Å². The van der Waals surface area contributed by atoms with Crippen molar-refractivity contribution in [3.8, 4) is 0 Å². The Morgan fingerprint density at radius 2 is 1.93 bits per heavy atom. The maximum absolute atomic E-state index is 13.0. The summed E-state index contributed by atoms with van der Waals surface area (Å²) in [6.45, 7) is 10.7. The maximum Gasteiger partial charge on any atom is 0.416 e. The molecule has 2 rings (SSSR count). The van der Waals surface area contributed by atoms with Crippen molar-refractivity contribution in [1.29, 1.82) is 0 Å². The van der Waals surface area contributed by atoms with Crippen LogP contribution in [0.4, 0.5) is 13.2 Å². The summed E-state index contributed by atoms with van der Waals surface area (Å²) in [6.07, 6.45) is -4.36. The lowest BCUT2D eigenvalue weighted by atomic mass is 10.00. The summed E-state index contributed by atoms with van der Waals surface area (Å²) in [4.78, 5) is 4.59. The van der Waals surface area contributed by atoms with Gasteiger partial charge in [-0.15, -0.1) is 24.0 Å². The van der Waals surface area contributed by atoms with Crippen LogP contribution in [0.1, 0.15) is 60.9 Å². The predicted octanol–water partition coefficient (Wildman–Crippen LogP) is 5.35. The van der Waals surface area contributed by atoms with Gasteiger partial charge in [0.1, 0.15) is 5.76 Å². The fraction of sp³-hybridized carbons (Fsp3) is 0.500. The molecule has 0 bridgehead atoms. The smallest absolute Gasteiger partial charge is 0.361 e.